The predicted molar refractivity (Wildman–Crippen MR) is 87.3 cm³/mol. The lowest BCUT2D eigenvalue weighted by molar-refractivity contribution is 0.763. The van der Waals surface area contributed by atoms with Crippen molar-refractivity contribution in [2.45, 2.75) is 19.9 Å². The number of nitrogens with zero attached hydrogens (tertiary/aromatic N) is 2. The van der Waals surface area contributed by atoms with E-state index in [9.17, 15) is 0 Å². The first-order valence-electron chi connectivity index (χ1n) is 6.44. The van der Waals surface area contributed by atoms with Crippen molar-refractivity contribution in [3.05, 3.63) is 50.9 Å². The molecule has 0 saturated carbocycles. The van der Waals surface area contributed by atoms with Crippen molar-refractivity contribution in [1.82, 2.24) is 9.55 Å². The third kappa shape index (κ3) is 2.58. The van der Waals surface area contributed by atoms with Crippen molar-refractivity contribution < 1.29 is 0 Å². The molecule has 5 heteroatoms. The summed E-state index contributed by atoms with van der Waals surface area (Å²) in [4.78, 5) is 5.98. The van der Waals surface area contributed by atoms with E-state index in [4.69, 9.17) is 28.2 Å². The van der Waals surface area contributed by atoms with E-state index in [0.717, 1.165) is 34.2 Å². The van der Waals surface area contributed by atoms with Crippen LogP contribution in [-0.2, 0) is 13.0 Å². The zero-order valence-electron chi connectivity index (χ0n) is 11.1. The van der Waals surface area contributed by atoms with Crippen LogP contribution in [0.2, 0.25) is 4.34 Å². The van der Waals surface area contributed by atoms with Crippen LogP contribution in [0.3, 0.4) is 0 Å². The molecule has 2 nitrogen and oxygen atoms in total. The smallest absolute Gasteiger partial charge is 0.111 e. The molecule has 0 aliphatic rings. The Hall–Kier alpha value is -1.03. The number of imidazole rings is 1. The molecule has 0 radical (unpaired) electrons. The van der Waals surface area contributed by atoms with Crippen LogP contribution in [0.4, 0.5) is 0 Å². The highest BCUT2D eigenvalue weighted by molar-refractivity contribution is 7.16. The molecule has 3 rings (SSSR count). The zero-order chi connectivity index (χ0) is 14.1. The molecule has 2 aromatic heterocycles. The van der Waals surface area contributed by atoms with E-state index in [1.165, 1.54) is 10.4 Å². The molecular formula is C15H14Cl2N2S. The maximum absolute atomic E-state index is 6.02. The Balaban J connectivity index is 2.11. The van der Waals surface area contributed by atoms with Gasteiger partial charge < -0.3 is 4.57 Å². The highest BCUT2D eigenvalue weighted by atomic mass is 35.5. The maximum atomic E-state index is 6.02. The standard InChI is InChI=1S/C15H14Cl2N2S/c1-10-3-2-4-12-15(10)18-14(7-8-16)19(12)9-11-5-6-13(17)20-11/h2-6H,7-9H2,1H3. The van der Waals surface area contributed by atoms with E-state index in [-0.39, 0.29) is 0 Å². The number of para-hydroxylation sites is 1. The molecule has 0 spiro atoms. The van der Waals surface area contributed by atoms with E-state index in [1.54, 1.807) is 11.3 Å². The van der Waals surface area contributed by atoms with Crippen LogP contribution in [0, 0.1) is 6.92 Å². The van der Waals surface area contributed by atoms with Crippen molar-refractivity contribution >= 4 is 45.6 Å². The largest absolute Gasteiger partial charge is 0.323 e. The molecule has 0 unspecified atom stereocenters. The molecule has 1 aromatic carbocycles. The fourth-order valence-corrected chi connectivity index (χ4v) is 3.63. The number of aromatic nitrogens is 2. The molecule has 0 fully saturated rings. The molecule has 0 bridgehead atoms. The number of halogens is 2. The number of thiophene rings is 1. The lowest BCUT2D eigenvalue weighted by atomic mass is 10.2. The molecule has 0 aliphatic carbocycles. The normalized spacial score (nSPS) is 11.3. The monoisotopic (exact) mass is 324 g/mol. The average Bonchev–Trinajstić information content (AvgIpc) is 2.97. The molecule has 0 N–H and O–H groups in total. The second-order valence-electron chi connectivity index (χ2n) is 4.70. The van der Waals surface area contributed by atoms with E-state index >= 15 is 0 Å². The highest BCUT2D eigenvalue weighted by Gasteiger charge is 2.12. The Morgan fingerprint density at radius 2 is 2.10 bits per heavy atom. The Morgan fingerprint density at radius 3 is 2.80 bits per heavy atom. The van der Waals surface area contributed by atoms with Gasteiger partial charge in [-0.05, 0) is 30.7 Å². The Morgan fingerprint density at radius 1 is 1.25 bits per heavy atom. The van der Waals surface area contributed by atoms with Crippen LogP contribution in [0.15, 0.2) is 30.3 Å². The summed E-state index contributed by atoms with van der Waals surface area (Å²) in [5, 5.41) is 0. The number of hydrogen-bond donors (Lipinski definition) is 0. The predicted octanol–water partition coefficient (Wildman–Crippen LogP) is 4.89. The van der Waals surface area contributed by atoms with E-state index in [2.05, 4.69) is 35.8 Å². The number of rotatable bonds is 4. The summed E-state index contributed by atoms with van der Waals surface area (Å²) in [5.41, 5.74) is 3.42. The first-order valence-corrected chi connectivity index (χ1v) is 8.17. The molecule has 0 aliphatic heterocycles. The summed E-state index contributed by atoms with van der Waals surface area (Å²) < 4.78 is 3.06. The van der Waals surface area contributed by atoms with E-state index < -0.39 is 0 Å². The molecule has 104 valence electrons. The molecule has 2 heterocycles. The van der Waals surface area contributed by atoms with Gasteiger partial charge in [-0.15, -0.1) is 22.9 Å². The maximum Gasteiger partial charge on any atom is 0.111 e. The fourth-order valence-electron chi connectivity index (χ4n) is 2.38. The van der Waals surface area contributed by atoms with Crippen LogP contribution >= 0.6 is 34.5 Å². The van der Waals surface area contributed by atoms with Crippen molar-refractivity contribution in [1.29, 1.82) is 0 Å². The van der Waals surface area contributed by atoms with Crippen LogP contribution in [0.5, 0.6) is 0 Å². The molecule has 0 atom stereocenters. The summed E-state index contributed by atoms with van der Waals surface area (Å²) in [6.45, 7) is 2.88. The van der Waals surface area contributed by atoms with Crippen LogP contribution in [0.1, 0.15) is 16.3 Å². The number of aryl methyl sites for hydroxylation is 2. The minimum Gasteiger partial charge on any atom is -0.323 e. The molecule has 0 saturated heterocycles. The first kappa shape index (κ1) is 13.9. The number of benzene rings is 1. The molecule has 20 heavy (non-hydrogen) atoms. The van der Waals surface area contributed by atoms with Gasteiger partial charge >= 0.3 is 0 Å². The second-order valence-corrected chi connectivity index (χ2v) is 6.88. The average molecular weight is 325 g/mol. The first-order chi connectivity index (χ1) is 9.69. The summed E-state index contributed by atoms with van der Waals surface area (Å²) in [6, 6.07) is 10.3. The highest BCUT2D eigenvalue weighted by Crippen LogP contribution is 2.26. The van der Waals surface area contributed by atoms with Gasteiger partial charge in [0.25, 0.3) is 0 Å². The Bertz CT molecular complexity index is 745. The Labute approximate surface area is 132 Å². The van der Waals surface area contributed by atoms with Gasteiger partial charge in [0.15, 0.2) is 0 Å². The third-order valence-electron chi connectivity index (χ3n) is 3.32. The van der Waals surface area contributed by atoms with Crippen molar-refractivity contribution in [2.24, 2.45) is 0 Å². The van der Waals surface area contributed by atoms with Crippen molar-refractivity contribution in [3.63, 3.8) is 0 Å². The summed E-state index contributed by atoms with van der Waals surface area (Å²) in [6.07, 6.45) is 0.773. The van der Waals surface area contributed by atoms with Gasteiger partial charge in [0.05, 0.1) is 21.9 Å². The minimum atomic E-state index is 0.577. The number of hydrogen-bond acceptors (Lipinski definition) is 2. The van der Waals surface area contributed by atoms with Crippen LogP contribution < -0.4 is 0 Å². The summed E-state index contributed by atoms with van der Waals surface area (Å²) in [7, 11) is 0. The lowest BCUT2D eigenvalue weighted by Crippen LogP contribution is -2.04. The third-order valence-corrected chi connectivity index (χ3v) is 4.73. The van der Waals surface area contributed by atoms with Gasteiger partial charge in [-0.2, -0.15) is 0 Å². The number of fused-ring (bicyclic) bond motifs is 1. The second kappa shape index (κ2) is 5.76. The van der Waals surface area contributed by atoms with E-state index in [0.29, 0.717) is 5.88 Å². The fraction of sp³-hybridized carbons (Fsp3) is 0.267. The van der Waals surface area contributed by atoms with Gasteiger partial charge in [-0.25, -0.2) is 4.98 Å². The molecular weight excluding hydrogens is 311 g/mol. The Kier molecular flexibility index (Phi) is 4.01. The quantitative estimate of drug-likeness (QED) is 0.625. The van der Waals surface area contributed by atoms with Gasteiger partial charge in [-0.1, -0.05) is 23.7 Å². The summed E-state index contributed by atoms with van der Waals surface area (Å²) >= 11 is 13.5. The molecule has 3 aromatic rings. The minimum absolute atomic E-state index is 0.577. The van der Waals surface area contributed by atoms with Crippen LogP contribution in [0.25, 0.3) is 11.0 Å². The molecule has 0 amide bonds. The van der Waals surface area contributed by atoms with Crippen molar-refractivity contribution in [3.8, 4) is 0 Å². The van der Waals surface area contributed by atoms with Crippen LogP contribution in [-0.4, -0.2) is 15.4 Å². The topological polar surface area (TPSA) is 17.8 Å². The lowest BCUT2D eigenvalue weighted by Gasteiger charge is -2.07. The van der Waals surface area contributed by atoms with Gasteiger partial charge in [0.1, 0.15) is 5.82 Å². The zero-order valence-corrected chi connectivity index (χ0v) is 13.4. The summed E-state index contributed by atoms with van der Waals surface area (Å²) in [5.74, 6) is 1.61. The van der Waals surface area contributed by atoms with Gasteiger partial charge in [0.2, 0.25) is 0 Å². The number of alkyl halides is 1. The van der Waals surface area contributed by atoms with Crippen molar-refractivity contribution in [2.75, 3.05) is 5.88 Å². The van der Waals surface area contributed by atoms with Gasteiger partial charge in [0, 0.05) is 17.2 Å². The van der Waals surface area contributed by atoms with E-state index in [1.807, 2.05) is 6.07 Å². The van der Waals surface area contributed by atoms with Gasteiger partial charge in [-0.3, -0.25) is 0 Å². The SMILES string of the molecule is Cc1cccc2c1nc(CCCl)n2Cc1ccc(Cl)s1.